The molecule has 0 saturated carbocycles. The second kappa shape index (κ2) is 7.51. The second-order valence-corrected chi connectivity index (χ2v) is 5.92. The van der Waals surface area contributed by atoms with E-state index in [9.17, 15) is 18.4 Å². The highest BCUT2D eigenvalue weighted by Gasteiger charge is 2.31. The maximum absolute atomic E-state index is 12.5. The molecule has 0 bridgehead atoms. The number of fused-ring (bicyclic) bond motifs is 1. The summed E-state index contributed by atoms with van der Waals surface area (Å²) in [6, 6.07) is 12.7. The molecule has 0 N–H and O–H groups in total. The van der Waals surface area contributed by atoms with Crippen LogP contribution in [0.2, 0.25) is 0 Å². The Hall–Kier alpha value is -2.96. The van der Waals surface area contributed by atoms with E-state index in [0.717, 1.165) is 17.7 Å². The molecule has 7 heteroatoms. The molecule has 0 saturated heterocycles. The number of halogens is 2. The van der Waals surface area contributed by atoms with Gasteiger partial charge in [-0.15, -0.1) is 0 Å². The number of carbonyl (C=O) groups is 2. The Morgan fingerprint density at radius 3 is 2.54 bits per heavy atom. The Labute approximate surface area is 149 Å². The molecule has 0 aliphatic carbocycles. The lowest BCUT2D eigenvalue weighted by molar-refractivity contribution is -0.122. The van der Waals surface area contributed by atoms with E-state index in [0.29, 0.717) is 0 Å². The molecule has 2 aromatic rings. The molecule has 1 aliphatic rings. The third-order valence-corrected chi connectivity index (χ3v) is 4.12. The fraction of sp³-hybridized carbons (Fsp3) is 0.263. The molecule has 1 aliphatic heterocycles. The summed E-state index contributed by atoms with van der Waals surface area (Å²) in [5, 5.41) is 0. The Bertz CT molecular complexity index is 807. The summed E-state index contributed by atoms with van der Waals surface area (Å²) in [6.07, 6.45) is 0.751. The average molecular weight is 361 g/mol. The van der Waals surface area contributed by atoms with Gasteiger partial charge in [0.15, 0.2) is 6.61 Å². The van der Waals surface area contributed by atoms with Gasteiger partial charge in [0.25, 0.3) is 5.91 Å². The highest BCUT2D eigenvalue weighted by atomic mass is 19.3. The van der Waals surface area contributed by atoms with E-state index in [1.54, 1.807) is 4.90 Å². The number of esters is 1. The van der Waals surface area contributed by atoms with Crippen molar-refractivity contribution in [3.63, 3.8) is 0 Å². The number of hydrogen-bond donors (Lipinski definition) is 0. The minimum atomic E-state index is -2.93. The number of anilines is 1. The van der Waals surface area contributed by atoms with Crippen molar-refractivity contribution in [3.8, 4) is 5.75 Å². The summed E-state index contributed by atoms with van der Waals surface area (Å²) in [7, 11) is 0. The highest BCUT2D eigenvalue weighted by molar-refractivity contribution is 5.99. The molecule has 1 unspecified atom stereocenters. The predicted octanol–water partition coefficient (Wildman–Crippen LogP) is 3.42. The summed E-state index contributed by atoms with van der Waals surface area (Å²) in [5.74, 6) is -1.08. The second-order valence-electron chi connectivity index (χ2n) is 5.92. The number of carbonyl (C=O) groups excluding carboxylic acids is 2. The van der Waals surface area contributed by atoms with Gasteiger partial charge in [-0.25, -0.2) is 4.79 Å². The van der Waals surface area contributed by atoms with Gasteiger partial charge in [0.05, 0.1) is 5.56 Å². The smallest absolute Gasteiger partial charge is 0.387 e. The molecular weight excluding hydrogens is 344 g/mol. The van der Waals surface area contributed by atoms with Crippen molar-refractivity contribution >= 4 is 17.6 Å². The number of nitrogens with zero attached hydrogens (tertiary/aromatic N) is 1. The van der Waals surface area contributed by atoms with Crippen LogP contribution >= 0.6 is 0 Å². The minimum absolute atomic E-state index is 0.00983. The molecule has 0 spiro atoms. The molecule has 136 valence electrons. The Morgan fingerprint density at radius 2 is 1.85 bits per heavy atom. The molecule has 0 fully saturated rings. The van der Waals surface area contributed by atoms with Gasteiger partial charge >= 0.3 is 12.6 Å². The van der Waals surface area contributed by atoms with Crippen molar-refractivity contribution in [2.24, 2.45) is 0 Å². The number of ether oxygens (including phenoxy) is 2. The number of benzene rings is 2. The molecule has 0 aromatic heterocycles. The lowest BCUT2D eigenvalue weighted by atomic mass is 10.1. The molecule has 3 rings (SSSR count). The van der Waals surface area contributed by atoms with Gasteiger partial charge in [0.1, 0.15) is 5.75 Å². The number of para-hydroxylation sites is 1. The first-order valence-electron chi connectivity index (χ1n) is 8.07. The van der Waals surface area contributed by atoms with E-state index in [-0.39, 0.29) is 23.3 Å². The Morgan fingerprint density at radius 1 is 1.15 bits per heavy atom. The largest absolute Gasteiger partial charge is 0.452 e. The molecule has 1 amide bonds. The number of alkyl halides is 2. The van der Waals surface area contributed by atoms with Crippen LogP contribution in [-0.2, 0) is 16.0 Å². The summed E-state index contributed by atoms with van der Waals surface area (Å²) >= 11 is 0. The van der Waals surface area contributed by atoms with Gasteiger partial charge < -0.3 is 14.4 Å². The van der Waals surface area contributed by atoms with Crippen molar-refractivity contribution in [1.29, 1.82) is 0 Å². The number of amides is 1. The normalized spacial score (nSPS) is 15.7. The summed E-state index contributed by atoms with van der Waals surface area (Å²) in [5.41, 5.74) is 2.05. The van der Waals surface area contributed by atoms with Crippen LogP contribution in [0.25, 0.3) is 0 Å². The molecule has 2 aromatic carbocycles. The van der Waals surface area contributed by atoms with Crippen LogP contribution in [0.1, 0.15) is 22.8 Å². The van der Waals surface area contributed by atoms with Gasteiger partial charge in [0, 0.05) is 11.7 Å². The summed E-state index contributed by atoms with van der Waals surface area (Å²) < 4.78 is 33.5. The van der Waals surface area contributed by atoms with Crippen LogP contribution < -0.4 is 9.64 Å². The summed E-state index contributed by atoms with van der Waals surface area (Å²) in [6.45, 7) is -1.40. The van der Waals surface area contributed by atoms with Crippen molar-refractivity contribution < 1.29 is 27.8 Å². The third-order valence-electron chi connectivity index (χ3n) is 4.12. The highest BCUT2D eigenvalue weighted by Crippen LogP contribution is 2.31. The van der Waals surface area contributed by atoms with E-state index >= 15 is 0 Å². The quantitative estimate of drug-likeness (QED) is 0.766. The zero-order chi connectivity index (χ0) is 18.7. The van der Waals surface area contributed by atoms with Crippen LogP contribution in [0.3, 0.4) is 0 Å². The lowest BCUT2D eigenvalue weighted by Crippen LogP contribution is -2.38. The van der Waals surface area contributed by atoms with E-state index < -0.39 is 19.2 Å². The monoisotopic (exact) mass is 361 g/mol. The van der Waals surface area contributed by atoms with E-state index in [1.807, 2.05) is 31.2 Å². The SMILES string of the molecule is CC1Cc2ccccc2N1C(=O)COC(=O)c1ccc(OC(F)F)cc1. The van der Waals surface area contributed by atoms with Gasteiger partial charge in [-0.3, -0.25) is 4.79 Å². The first kappa shape index (κ1) is 17.8. The molecule has 1 heterocycles. The zero-order valence-corrected chi connectivity index (χ0v) is 14.0. The van der Waals surface area contributed by atoms with Crippen molar-refractivity contribution in [2.75, 3.05) is 11.5 Å². The summed E-state index contributed by atoms with van der Waals surface area (Å²) in [4.78, 5) is 26.1. The van der Waals surface area contributed by atoms with Crippen molar-refractivity contribution in [1.82, 2.24) is 0 Å². The lowest BCUT2D eigenvalue weighted by Gasteiger charge is -2.22. The van der Waals surface area contributed by atoms with Gasteiger partial charge in [-0.05, 0) is 49.2 Å². The van der Waals surface area contributed by atoms with Gasteiger partial charge in [-0.1, -0.05) is 18.2 Å². The molecule has 0 radical (unpaired) electrons. The third kappa shape index (κ3) is 3.82. The number of hydrogen-bond acceptors (Lipinski definition) is 4. The van der Waals surface area contributed by atoms with Crippen molar-refractivity contribution in [2.45, 2.75) is 26.0 Å². The Kier molecular flexibility index (Phi) is 5.16. The van der Waals surface area contributed by atoms with Crippen LogP contribution in [0.15, 0.2) is 48.5 Å². The minimum Gasteiger partial charge on any atom is -0.452 e. The van der Waals surface area contributed by atoms with Gasteiger partial charge in [0.2, 0.25) is 0 Å². The first-order chi connectivity index (χ1) is 12.5. The zero-order valence-electron chi connectivity index (χ0n) is 14.0. The molecule has 26 heavy (non-hydrogen) atoms. The Balaban J connectivity index is 1.60. The first-order valence-corrected chi connectivity index (χ1v) is 8.07. The maximum atomic E-state index is 12.5. The van der Waals surface area contributed by atoms with Gasteiger partial charge in [-0.2, -0.15) is 8.78 Å². The van der Waals surface area contributed by atoms with E-state index in [1.165, 1.54) is 24.3 Å². The van der Waals surface area contributed by atoms with Crippen LogP contribution in [0, 0.1) is 0 Å². The fourth-order valence-corrected chi connectivity index (χ4v) is 3.00. The molecule has 1 atom stereocenters. The molecule has 5 nitrogen and oxygen atoms in total. The number of rotatable bonds is 5. The van der Waals surface area contributed by atoms with Crippen LogP contribution in [0.4, 0.5) is 14.5 Å². The molecular formula is C19H17F2NO4. The fourth-order valence-electron chi connectivity index (χ4n) is 3.00. The topological polar surface area (TPSA) is 55.8 Å². The van der Waals surface area contributed by atoms with Crippen LogP contribution in [0.5, 0.6) is 5.75 Å². The standard InChI is InChI=1S/C19H17F2NO4/c1-12-10-14-4-2-3-5-16(14)22(12)17(23)11-25-18(24)13-6-8-15(9-7-13)26-19(20)21/h2-9,12,19H,10-11H2,1H3. The maximum Gasteiger partial charge on any atom is 0.387 e. The average Bonchev–Trinajstić information content (AvgIpc) is 2.95. The predicted molar refractivity (Wildman–Crippen MR) is 90.5 cm³/mol. The van der Waals surface area contributed by atoms with Crippen molar-refractivity contribution in [3.05, 3.63) is 59.7 Å². The van der Waals surface area contributed by atoms with E-state index in [2.05, 4.69) is 4.74 Å². The van der Waals surface area contributed by atoms with Crippen LogP contribution in [-0.4, -0.2) is 31.1 Å². The van der Waals surface area contributed by atoms with E-state index in [4.69, 9.17) is 4.74 Å².